The lowest BCUT2D eigenvalue weighted by molar-refractivity contribution is 0.183. The van der Waals surface area contributed by atoms with Crippen LogP contribution in [-0.2, 0) is 23.0 Å². The molecule has 0 spiro atoms. The third-order valence-electron chi connectivity index (χ3n) is 3.35. The number of benzene rings is 1. The Kier molecular flexibility index (Phi) is 6.76. The van der Waals surface area contributed by atoms with Gasteiger partial charge in [0.15, 0.2) is 0 Å². The van der Waals surface area contributed by atoms with Crippen LogP contribution in [-0.4, -0.2) is 35.3 Å². The van der Waals surface area contributed by atoms with Crippen molar-refractivity contribution in [3.05, 3.63) is 52.5 Å². The second-order valence-electron chi connectivity index (χ2n) is 5.34. The molecule has 0 saturated heterocycles. The van der Waals surface area contributed by atoms with E-state index in [0.717, 1.165) is 15.7 Å². The molecule has 1 heterocycles. The SMILES string of the molecule is O=S(=O)(CC(O)CCCc1c[nH]cn1)NCc1ccc(Br)cc1. The first-order valence-corrected chi connectivity index (χ1v) is 9.76. The fourth-order valence-corrected chi connectivity index (χ4v) is 3.58. The van der Waals surface area contributed by atoms with Gasteiger partial charge in [-0.3, -0.25) is 0 Å². The second kappa shape index (κ2) is 8.58. The molecule has 1 aromatic heterocycles. The molecule has 1 unspecified atom stereocenters. The fourth-order valence-electron chi connectivity index (χ4n) is 2.14. The molecule has 0 aliphatic heterocycles. The minimum absolute atomic E-state index is 0.218. The largest absolute Gasteiger partial charge is 0.392 e. The summed E-state index contributed by atoms with van der Waals surface area (Å²) in [6.45, 7) is 0.218. The normalized spacial score (nSPS) is 13.1. The van der Waals surface area contributed by atoms with Crippen molar-refractivity contribution in [1.29, 1.82) is 0 Å². The van der Waals surface area contributed by atoms with Gasteiger partial charge in [0.05, 0.1) is 23.9 Å². The van der Waals surface area contributed by atoms with Crippen molar-refractivity contribution < 1.29 is 13.5 Å². The van der Waals surface area contributed by atoms with E-state index in [9.17, 15) is 13.5 Å². The first kappa shape index (κ1) is 18.1. The zero-order chi connectivity index (χ0) is 16.7. The molecule has 0 fully saturated rings. The van der Waals surface area contributed by atoms with Crippen LogP contribution >= 0.6 is 15.9 Å². The topological polar surface area (TPSA) is 95.1 Å². The molecule has 0 saturated carbocycles. The van der Waals surface area contributed by atoms with Crippen LogP contribution in [0.25, 0.3) is 0 Å². The minimum atomic E-state index is -3.51. The van der Waals surface area contributed by atoms with Gasteiger partial charge in [-0.05, 0) is 37.0 Å². The van der Waals surface area contributed by atoms with Gasteiger partial charge in [0.25, 0.3) is 0 Å². The number of aliphatic hydroxyl groups excluding tert-OH is 1. The summed E-state index contributed by atoms with van der Waals surface area (Å²) in [6.07, 6.45) is 4.34. The Morgan fingerprint density at radius 3 is 2.70 bits per heavy atom. The summed E-state index contributed by atoms with van der Waals surface area (Å²) in [6, 6.07) is 7.39. The first-order valence-electron chi connectivity index (χ1n) is 7.32. The number of hydrogen-bond donors (Lipinski definition) is 3. The molecule has 2 rings (SSSR count). The summed E-state index contributed by atoms with van der Waals surface area (Å²) in [4.78, 5) is 6.95. The molecule has 23 heavy (non-hydrogen) atoms. The average molecular weight is 402 g/mol. The number of imidazole rings is 1. The van der Waals surface area contributed by atoms with Gasteiger partial charge in [-0.1, -0.05) is 28.1 Å². The molecule has 126 valence electrons. The number of hydrogen-bond acceptors (Lipinski definition) is 4. The smallest absolute Gasteiger partial charge is 0.214 e. The van der Waals surface area contributed by atoms with E-state index in [2.05, 4.69) is 30.6 Å². The van der Waals surface area contributed by atoms with E-state index >= 15 is 0 Å². The van der Waals surface area contributed by atoms with Crippen molar-refractivity contribution >= 4 is 26.0 Å². The predicted octanol–water partition coefficient (Wildman–Crippen LogP) is 1.98. The van der Waals surface area contributed by atoms with E-state index in [1.165, 1.54) is 0 Å². The van der Waals surface area contributed by atoms with Crippen molar-refractivity contribution in [2.24, 2.45) is 0 Å². The van der Waals surface area contributed by atoms with Gasteiger partial charge in [0.1, 0.15) is 0 Å². The summed E-state index contributed by atoms with van der Waals surface area (Å²) in [7, 11) is -3.51. The van der Waals surface area contributed by atoms with Crippen LogP contribution < -0.4 is 4.72 Å². The highest BCUT2D eigenvalue weighted by atomic mass is 79.9. The number of nitrogens with one attached hydrogen (secondary N) is 2. The second-order valence-corrected chi connectivity index (χ2v) is 8.10. The summed E-state index contributed by atoms with van der Waals surface area (Å²) in [5.41, 5.74) is 1.78. The molecule has 8 heteroatoms. The molecule has 0 aliphatic carbocycles. The zero-order valence-corrected chi connectivity index (χ0v) is 15.0. The first-order chi connectivity index (χ1) is 10.9. The number of halogens is 1. The summed E-state index contributed by atoms with van der Waals surface area (Å²) in [5, 5.41) is 9.89. The molecule has 1 aromatic carbocycles. The predicted molar refractivity (Wildman–Crippen MR) is 92.3 cm³/mol. The monoisotopic (exact) mass is 401 g/mol. The van der Waals surface area contributed by atoms with Gasteiger partial charge in [0, 0.05) is 17.2 Å². The molecule has 0 aliphatic rings. The number of rotatable bonds is 9. The highest BCUT2D eigenvalue weighted by molar-refractivity contribution is 9.10. The van der Waals surface area contributed by atoms with Crippen molar-refractivity contribution in [1.82, 2.24) is 14.7 Å². The molecule has 2 aromatic rings. The molecule has 0 bridgehead atoms. The molecular weight excluding hydrogens is 382 g/mol. The number of H-pyrrole nitrogens is 1. The van der Waals surface area contributed by atoms with E-state index in [4.69, 9.17) is 0 Å². The molecular formula is C15H20BrN3O3S. The summed E-state index contributed by atoms with van der Waals surface area (Å²) >= 11 is 3.33. The van der Waals surface area contributed by atoms with Gasteiger partial charge in [-0.25, -0.2) is 18.1 Å². The van der Waals surface area contributed by atoms with Crippen LogP contribution in [0.2, 0.25) is 0 Å². The summed E-state index contributed by atoms with van der Waals surface area (Å²) < 4.78 is 27.4. The van der Waals surface area contributed by atoms with E-state index in [-0.39, 0.29) is 12.3 Å². The third-order valence-corrected chi connectivity index (χ3v) is 5.28. The van der Waals surface area contributed by atoms with Crippen LogP contribution in [0.1, 0.15) is 24.1 Å². The van der Waals surface area contributed by atoms with Crippen molar-refractivity contribution in [2.75, 3.05) is 5.75 Å². The Balaban J connectivity index is 1.72. The van der Waals surface area contributed by atoms with Gasteiger partial charge in [-0.15, -0.1) is 0 Å². The number of aliphatic hydroxyl groups is 1. The molecule has 3 N–H and O–H groups in total. The maximum atomic E-state index is 12.0. The van der Waals surface area contributed by atoms with Crippen LogP contribution in [0.3, 0.4) is 0 Å². The average Bonchev–Trinajstić information content (AvgIpc) is 2.99. The Morgan fingerprint density at radius 2 is 2.04 bits per heavy atom. The molecule has 6 nitrogen and oxygen atoms in total. The highest BCUT2D eigenvalue weighted by Crippen LogP contribution is 2.11. The number of aromatic nitrogens is 2. The molecule has 1 atom stereocenters. The fraction of sp³-hybridized carbons (Fsp3) is 0.400. The lowest BCUT2D eigenvalue weighted by Gasteiger charge is -2.12. The van der Waals surface area contributed by atoms with Gasteiger partial charge in [-0.2, -0.15) is 0 Å². The quantitative estimate of drug-likeness (QED) is 0.598. The van der Waals surface area contributed by atoms with Gasteiger partial charge in [0.2, 0.25) is 10.0 Å². The molecule has 0 radical (unpaired) electrons. The number of aromatic amines is 1. The van der Waals surface area contributed by atoms with Crippen LogP contribution in [0.15, 0.2) is 41.3 Å². The van der Waals surface area contributed by atoms with E-state index in [1.54, 1.807) is 12.5 Å². The highest BCUT2D eigenvalue weighted by Gasteiger charge is 2.16. The minimum Gasteiger partial charge on any atom is -0.392 e. The standard InChI is InChI=1S/C15H20BrN3O3S/c16-13-6-4-12(5-7-13)8-19-23(21,22)10-15(20)3-1-2-14-9-17-11-18-14/h4-7,9,11,15,19-20H,1-3,8,10H2,(H,17,18). The van der Waals surface area contributed by atoms with E-state index in [0.29, 0.717) is 19.3 Å². The van der Waals surface area contributed by atoms with Crippen LogP contribution in [0.4, 0.5) is 0 Å². The maximum Gasteiger partial charge on any atom is 0.214 e. The maximum absolute atomic E-state index is 12.0. The number of nitrogens with zero attached hydrogens (tertiary/aromatic N) is 1. The van der Waals surface area contributed by atoms with E-state index in [1.807, 2.05) is 24.3 Å². The van der Waals surface area contributed by atoms with Crippen molar-refractivity contribution in [2.45, 2.75) is 31.9 Å². The zero-order valence-electron chi connectivity index (χ0n) is 12.6. The Bertz CT molecular complexity index is 687. The summed E-state index contributed by atoms with van der Waals surface area (Å²) in [5.74, 6) is -0.288. The third kappa shape index (κ3) is 6.82. The lowest BCUT2D eigenvalue weighted by atomic mass is 10.1. The van der Waals surface area contributed by atoms with E-state index < -0.39 is 16.1 Å². The molecule has 0 amide bonds. The van der Waals surface area contributed by atoms with Gasteiger partial charge < -0.3 is 10.1 Å². The van der Waals surface area contributed by atoms with Crippen LogP contribution in [0.5, 0.6) is 0 Å². The number of aryl methyl sites for hydroxylation is 1. The van der Waals surface area contributed by atoms with Crippen molar-refractivity contribution in [3.63, 3.8) is 0 Å². The lowest BCUT2D eigenvalue weighted by Crippen LogP contribution is -2.31. The van der Waals surface area contributed by atoms with Crippen LogP contribution in [0, 0.1) is 0 Å². The Labute approximate surface area is 144 Å². The Morgan fingerprint density at radius 1 is 1.30 bits per heavy atom. The van der Waals surface area contributed by atoms with Crippen molar-refractivity contribution in [3.8, 4) is 0 Å². The van der Waals surface area contributed by atoms with Gasteiger partial charge >= 0.3 is 0 Å². The number of sulfonamides is 1. The Hall–Kier alpha value is -1.22.